The Balaban J connectivity index is 2.78. The molecule has 0 spiro atoms. The monoisotopic (exact) mass is 246 g/mol. The predicted molar refractivity (Wildman–Crippen MR) is 70.2 cm³/mol. The van der Waals surface area contributed by atoms with E-state index < -0.39 is 0 Å². The van der Waals surface area contributed by atoms with Gasteiger partial charge in [-0.15, -0.1) is 0 Å². The molecular formula is C14H8Cl2. The van der Waals surface area contributed by atoms with Gasteiger partial charge in [0.1, 0.15) is 0 Å². The summed E-state index contributed by atoms with van der Waals surface area (Å²) in [6.07, 6.45) is 3.17. The van der Waals surface area contributed by atoms with E-state index in [1.54, 1.807) is 12.2 Å². The molecule has 0 nitrogen and oxygen atoms in total. The van der Waals surface area contributed by atoms with E-state index in [-0.39, 0.29) is 0 Å². The molecule has 0 amide bonds. The molecule has 0 heterocycles. The summed E-state index contributed by atoms with van der Waals surface area (Å²) in [6.45, 7) is 0. The SMILES string of the molecule is Cl/C=C\C#Cc1ccc(C#C/C=C/Cl)cc1. The Hall–Kier alpha value is -1.60. The van der Waals surface area contributed by atoms with Crippen LogP contribution < -0.4 is 0 Å². The molecule has 2 heteroatoms. The Bertz CT molecular complexity index is 451. The van der Waals surface area contributed by atoms with Crippen molar-refractivity contribution >= 4 is 23.2 Å². The quantitative estimate of drug-likeness (QED) is 0.610. The van der Waals surface area contributed by atoms with Gasteiger partial charge in [0.25, 0.3) is 0 Å². The fourth-order valence-electron chi connectivity index (χ4n) is 0.950. The molecule has 0 atom stereocenters. The molecule has 0 aromatic heterocycles. The van der Waals surface area contributed by atoms with Gasteiger partial charge in [-0.2, -0.15) is 0 Å². The lowest BCUT2D eigenvalue weighted by Gasteiger charge is -1.90. The maximum atomic E-state index is 5.35. The highest BCUT2D eigenvalue weighted by molar-refractivity contribution is 6.25. The van der Waals surface area contributed by atoms with Crippen molar-refractivity contribution in [1.29, 1.82) is 0 Å². The normalized spacial score (nSPS) is 9.62. The highest BCUT2D eigenvalue weighted by Crippen LogP contribution is 2.01. The molecule has 0 N–H and O–H groups in total. The molecule has 1 aromatic rings. The maximum absolute atomic E-state index is 5.35. The third kappa shape index (κ3) is 4.76. The number of allylic oxidation sites excluding steroid dienone is 2. The lowest BCUT2D eigenvalue weighted by molar-refractivity contribution is 1.60. The minimum absolute atomic E-state index is 0.924. The van der Waals surface area contributed by atoms with Gasteiger partial charge in [0.15, 0.2) is 0 Å². The van der Waals surface area contributed by atoms with Gasteiger partial charge in [-0.05, 0) is 36.4 Å². The second-order valence-electron chi connectivity index (χ2n) is 2.70. The van der Waals surface area contributed by atoms with Gasteiger partial charge < -0.3 is 0 Å². The van der Waals surface area contributed by atoms with Crippen molar-refractivity contribution < 1.29 is 0 Å². The summed E-state index contributed by atoms with van der Waals surface area (Å²) in [5, 5.41) is 0. The Kier molecular flexibility index (Phi) is 5.97. The van der Waals surface area contributed by atoms with E-state index >= 15 is 0 Å². The summed E-state index contributed by atoms with van der Waals surface area (Å²) in [6, 6.07) is 7.62. The molecule has 1 aromatic carbocycles. The van der Waals surface area contributed by atoms with Crippen molar-refractivity contribution in [2.75, 3.05) is 0 Å². The smallest absolute Gasteiger partial charge is 0.0249 e. The van der Waals surface area contributed by atoms with Gasteiger partial charge in [0, 0.05) is 22.2 Å². The second-order valence-corrected chi connectivity index (χ2v) is 3.21. The predicted octanol–water partition coefficient (Wildman–Crippen LogP) is 3.89. The first-order valence-corrected chi connectivity index (χ1v) is 5.37. The van der Waals surface area contributed by atoms with E-state index in [4.69, 9.17) is 23.2 Å². The summed E-state index contributed by atoms with van der Waals surface area (Å²) in [7, 11) is 0. The molecule has 0 saturated carbocycles. The minimum Gasteiger partial charge on any atom is -0.0923 e. The largest absolute Gasteiger partial charge is 0.0923 e. The van der Waals surface area contributed by atoms with Crippen LogP contribution in [0.1, 0.15) is 11.1 Å². The molecule has 0 aliphatic rings. The molecule has 78 valence electrons. The van der Waals surface area contributed by atoms with Crippen LogP contribution in [-0.4, -0.2) is 0 Å². The first-order chi connectivity index (χ1) is 7.86. The van der Waals surface area contributed by atoms with Crippen molar-refractivity contribution in [3.05, 3.63) is 58.6 Å². The van der Waals surface area contributed by atoms with E-state index in [0.29, 0.717) is 0 Å². The fourth-order valence-corrected chi connectivity index (χ4v) is 1.08. The molecule has 0 fully saturated rings. The van der Waals surface area contributed by atoms with Crippen LogP contribution in [-0.2, 0) is 0 Å². The zero-order valence-corrected chi connectivity index (χ0v) is 9.89. The van der Waals surface area contributed by atoms with Crippen LogP contribution in [0.15, 0.2) is 47.5 Å². The summed E-state index contributed by atoms with van der Waals surface area (Å²) in [5.41, 5.74) is 4.61. The van der Waals surface area contributed by atoms with Gasteiger partial charge in [-0.3, -0.25) is 0 Å². The van der Waals surface area contributed by atoms with Crippen LogP contribution in [0, 0.1) is 23.7 Å². The molecular weight excluding hydrogens is 239 g/mol. The lowest BCUT2D eigenvalue weighted by atomic mass is 10.1. The third-order valence-electron chi connectivity index (χ3n) is 1.61. The van der Waals surface area contributed by atoms with Crippen molar-refractivity contribution in [2.45, 2.75) is 0 Å². The Morgan fingerprint density at radius 2 is 1.12 bits per heavy atom. The molecule has 0 aliphatic carbocycles. The molecule has 16 heavy (non-hydrogen) atoms. The number of hydrogen-bond acceptors (Lipinski definition) is 0. The average molecular weight is 247 g/mol. The molecule has 0 aliphatic heterocycles. The number of hydrogen-bond donors (Lipinski definition) is 0. The fraction of sp³-hybridized carbons (Fsp3) is 0. The second kappa shape index (κ2) is 7.66. The van der Waals surface area contributed by atoms with E-state index in [2.05, 4.69) is 23.7 Å². The van der Waals surface area contributed by atoms with E-state index in [9.17, 15) is 0 Å². The van der Waals surface area contributed by atoms with Crippen molar-refractivity contribution in [3.8, 4) is 23.7 Å². The van der Waals surface area contributed by atoms with Gasteiger partial charge in [-0.1, -0.05) is 46.9 Å². The van der Waals surface area contributed by atoms with E-state index in [1.165, 1.54) is 11.1 Å². The minimum atomic E-state index is 0.924. The molecule has 1 rings (SSSR count). The number of benzene rings is 1. The third-order valence-corrected chi connectivity index (χ3v) is 1.86. The summed E-state index contributed by atoms with van der Waals surface area (Å²) >= 11 is 10.7. The molecule has 0 bridgehead atoms. The first-order valence-electron chi connectivity index (χ1n) is 4.50. The molecule has 0 unspecified atom stereocenters. The van der Waals surface area contributed by atoms with Crippen LogP contribution in [0.3, 0.4) is 0 Å². The topological polar surface area (TPSA) is 0 Å². The van der Waals surface area contributed by atoms with Crippen molar-refractivity contribution in [2.24, 2.45) is 0 Å². The van der Waals surface area contributed by atoms with Crippen LogP contribution in [0.4, 0.5) is 0 Å². The summed E-state index contributed by atoms with van der Waals surface area (Å²) < 4.78 is 0. The summed E-state index contributed by atoms with van der Waals surface area (Å²) in [5.74, 6) is 11.5. The zero-order valence-electron chi connectivity index (χ0n) is 8.37. The average Bonchev–Trinajstić information content (AvgIpc) is 2.32. The van der Waals surface area contributed by atoms with Crippen LogP contribution in [0.2, 0.25) is 0 Å². The summed E-state index contributed by atoms with van der Waals surface area (Å²) in [4.78, 5) is 0. The van der Waals surface area contributed by atoms with Crippen LogP contribution >= 0.6 is 23.2 Å². The van der Waals surface area contributed by atoms with Gasteiger partial charge in [0.05, 0.1) is 0 Å². The van der Waals surface area contributed by atoms with E-state index in [0.717, 1.165) is 11.1 Å². The zero-order chi connectivity index (χ0) is 11.6. The van der Waals surface area contributed by atoms with Gasteiger partial charge in [0.2, 0.25) is 0 Å². The van der Waals surface area contributed by atoms with Crippen molar-refractivity contribution in [3.63, 3.8) is 0 Å². The Morgan fingerprint density at radius 1 is 0.750 bits per heavy atom. The van der Waals surface area contributed by atoms with Gasteiger partial charge in [-0.25, -0.2) is 0 Å². The Labute approximate surface area is 106 Å². The van der Waals surface area contributed by atoms with Crippen LogP contribution in [0.25, 0.3) is 0 Å². The highest BCUT2D eigenvalue weighted by atomic mass is 35.5. The highest BCUT2D eigenvalue weighted by Gasteiger charge is 1.86. The Morgan fingerprint density at radius 3 is 1.44 bits per heavy atom. The van der Waals surface area contributed by atoms with E-state index in [1.807, 2.05) is 24.3 Å². The maximum Gasteiger partial charge on any atom is 0.0249 e. The number of rotatable bonds is 0. The van der Waals surface area contributed by atoms with Crippen LogP contribution in [0.5, 0.6) is 0 Å². The standard InChI is InChI=1S/C14H8Cl2/c15-11-3-1-5-13-7-9-14(10-8-13)6-2-4-12-16/h3-4,7-12H/b11-3-,12-4+. The molecule has 0 saturated heterocycles. The van der Waals surface area contributed by atoms with Gasteiger partial charge >= 0.3 is 0 Å². The van der Waals surface area contributed by atoms with Crippen molar-refractivity contribution in [1.82, 2.24) is 0 Å². The number of halogens is 2. The molecule has 0 radical (unpaired) electrons. The lowest BCUT2D eigenvalue weighted by Crippen LogP contribution is -1.76. The first kappa shape index (κ1) is 12.5.